The summed E-state index contributed by atoms with van der Waals surface area (Å²) in [6, 6.07) is 3.75. The molecule has 0 aliphatic carbocycles. The lowest BCUT2D eigenvalue weighted by atomic mass is 9.91. The molecule has 0 fully saturated rings. The predicted octanol–water partition coefficient (Wildman–Crippen LogP) is 0.925. The number of likely N-dealkylation sites (N-methyl/N-ethyl adjacent to an activating group) is 1. The van der Waals surface area contributed by atoms with Crippen LogP contribution in [0.5, 0.6) is 0 Å². The molecule has 0 aliphatic rings. The fourth-order valence-corrected chi connectivity index (χ4v) is 1.84. The van der Waals surface area contributed by atoms with E-state index in [1.54, 1.807) is 14.0 Å². The molecule has 1 aromatic heterocycles. The summed E-state index contributed by atoms with van der Waals surface area (Å²) in [5, 5.41) is 13.4. The van der Waals surface area contributed by atoms with Gasteiger partial charge in [0.15, 0.2) is 0 Å². The van der Waals surface area contributed by atoms with E-state index >= 15 is 0 Å². The highest BCUT2D eigenvalue weighted by molar-refractivity contribution is 5.34. The van der Waals surface area contributed by atoms with Crippen molar-refractivity contribution in [3.8, 4) is 0 Å². The number of nitrogens with zero attached hydrogens (tertiary/aromatic N) is 1. The van der Waals surface area contributed by atoms with Crippen LogP contribution in [-0.4, -0.2) is 17.1 Å². The zero-order chi connectivity index (χ0) is 12.3. The summed E-state index contributed by atoms with van der Waals surface area (Å²) >= 11 is 0. The van der Waals surface area contributed by atoms with Gasteiger partial charge in [-0.1, -0.05) is 6.07 Å². The summed E-state index contributed by atoms with van der Waals surface area (Å²) in [7, 11) is 1.73. The van der Waals surface area contributed by atoms with Gasteiger partial charge in [-0.25, -0.2) is 0 Å². The highest BCUT2D eigenvalue weighted by Crippen LogP contribution is 2.28. The molecule has 1 unspecified atom stereocenters. The third-order valence-corrected chi connectivity index (χ3v) is 2.71. The van der Waals surface area contributed by atoms with E-state index in [1.807, 2.05) is 26.0 Å². The molecule has 0 radical (unpaired) electrons. The molecule has 0 saturated heterocycles. The summed E-state index contributed by atoms with van der Waals surface area (Å²) in [4.78, 5) is 4.34. The van der Waals surface area contributed by atoms with Crippen LogP contribution in [0, 0.1) is 13.8 Å². The monoisotopic (exact) mass is 221 g/mol. The van der Waals surface area contributed by atoms with Crippen LogP contribution in [0.3, 0.4) is 0 Å². The molecule has 0 bridgehead atoms. The smallest absolute Gasteiger partial charge is 0.129 e. The molecule has 1 rings (SSSR count). The van der Waals surface area contributed by atoms with Gasteiger partial charge in [-0.3, -0.25) is 4.98 Å². The molecular weight excluding hydrogens is 202 g/mol. The topological polar surface area (TPSA) is 71.2 Å². The third-order valence-electron chi connectivity index (χ3n) is 2.71. The number of aliphatic hydroxyl groups is 1. The summed E-state index contributed by atoms with van der Waals surface area (Å²) in [5.74, 6) is 0. The number of nitrogens with one attached hydrogen (secondary N) is 1. The first-order valence-corrected chi connectivity index (χ1v) is 5.20. The van der Waals surface area contributed by atoms with E-state index < -0.39 is 5.60 Å². The highest BCUT2D eigenvalue weighted by Gasteiger charge is 2.29. The first-order chi connectivity index (χ1) is 7.43. The van der Waals surface area contributed by atoms with Gasteiger partial charge in [-0.2, -0.15) is 0 Å². The van der Waals surface area contributed by atoms with E-state index in [4.69, 9.17) is 5.73 Å². The van der Waals surface area contributed by atoms with Crippen molar-refractivity contribution in [2.45, 2.75) is 26.4 Å². The van der Waals surface area contributed by atoms with Crippen molar-refractivity contribution in [1.82, 2.24) is 10.3 Å². The van der Waals surface area contributed by atoms with Crippen LogP contribution >= 0.6 is 0 Å². The van der Waals surface area contributed by atoms with E-state index in [2.05, 4.69) is 10.3 Å². The summed E-state index contributed by atoms with van der Waals surface area (Å²) in [5.41, 5.74) is 7.38. The van der Waals surface area contributed by atoms with Crippen LogP contribution in [0.25, 0.3) is 0 Å². The first-order valence-electron chi connectivity index (χ1n) is 5.20. The van der Waals surface area contributed by atoms with Crippen molar-refractivity contribution in [1.29, 1.82) is 0 Å². The Morgan fingerprint density at radius 1 is 1.50 bits per heavy atom. The Bertz CT molecular complexity index is 411. The molecule has 1 heterocycles. The summed E-state index contributed by atoms with van der Waals surface area (Å²) < 4.78 is 0. The van der Waals surface area contributed by atoms with E-state index in [1.165, 1.54) is 6.20 Å². The third kappa shape index (κ3) is 2.17. The van der Waals surface area contributed by atoms with Crippen molar-refractivity contribution >= 4 is 0 Å². The van der Waals surface area contributed by atoms with Gasteiger partial charge < -0.3 is 16.2 Å². The Hall–Kier alpha value is -1.55. The van der Waals surface area contributed by atoms with Crippen LogP contribution < -0.4 is 11.1 Å². The van der Waals surface area contributed by atoms with E-state index in [9.17, 15) is 5.11 Å². The van der Waals surface area contributed by atoms with Crippen LogP contribution in [-0.2, 0) is 5.60 Å². The van der Waals surface area contributed by atoms with Crippen molar-refractivity contribution < 1.29 is 5.11 Å². The molecule has 1 atom stereocenters. The molecule has 0 amide bonds. The van der Waals surface area contributed by atoms with Crippen LogP contribution in [0.2, 0.25) is 0 Å². The van der Waals surface area contributed by atoms with Crippen LogP contribution in [0.4, 0.5) is 0 Å². The molecule has 4 heteroatoms. The Morgan fingerprint density at radius 2 is 2.12 bits per heavy atom. The lowest BCUT2D eigenvalue weighted by molar-refractivity contribution is 0.0893. The fourth-order valence-electron chi connectivity index (χ4n) is 1.84. The second-order valence-corrected chi connectivity index (χ2v) is 3.99. The summed E-state index contributed by atoms with van der Waals surface area (Å²) in [6.45, 7) is 5.49. The van der Waals surface area contributed by atoms with Gasteiger partial charge in [0.25, 0.3) is 0 Å². The number of aryl methyl sites for hydroxylation is 2. The molecule has 0 spiro atoms. The van der Waals surface area contributed by atoms with E-state index in [0.29, 0.717) is 5.70 Å². The zero-order valence-electron chi connectivity index (χ0n) is 10.2. The average Bonchev–Trinajstić information content (AvgIpc) is 2.18. The number of hydrogen-bond acceptors (Lipinski definition) is 4. The Balaban J connectivity index is 3.26. The van der Waals surface area contributed by atoms with E-state index in [-0.39, 0.29) is 0 Å². The molecule has 0 aromatic carbocycles. The second-order valence-electron chi connectivity index (χ2n) is 3.99. The number of pyridine rings is 1. The van der Waals surface area contributed by atoms with Gasteiger partial charge >= 0.3 is 0 Å². The first kappa shape index (κ1) is 12.5. The van der Waals surface area contributed by atoms with Crippen molar-refractivity contribution in [3.05, 3.63) is 41.0 Å². The Kier molecular flexibility index (Phi) is 3.55. The molecule has 4 N–H and O–H groups in total. The molecular formula is C12H19N3O. The van der Waals surface area contributed by atoms with Gasteiger partial charge in [-0.05, 0) is 26.8 Å². The maximum atomic E-state index is 10.5. The van der Waals surface area contributed by atoms with Crippen LogP contribution in [0.15, 0.2) is 24.0 Å². The number of aromatic nitrogens is 1. The lowest BCUT2D eigenvalue weighted by Crippen LogP contribution is -2.33. The number of nitrogens with two attached hydrogens (primary N) is 1. The largest absolute Gasteiger partial charge is 0.403 e. The molecule has 0 saturated carbocycles. The highest BCUT2D eigenvalue weighted by atomic mass is 16.3. The second kappa shape index (κ2) is 4.53. The SMILES string of the molecule is CN/C(=C\N)C(C)(O)c1ccc(C)nc1C. The predicted molar refractivity (Wildman–Crippen MR) is 64.6 cm³/mol. The van der Waals surface area contributed by atoms with Gasteiger partial charge in [-0.15, -0.1) is 0 Å². The standard InChI is InChI=1S/C12H19N3O/c1-8-5-6-10(9(2)15-8)12(3,16)11(7-13)14-4/h5-7,14,16H,13H2,1-4H3/b11-7-. The van der Waals surface area contributed by atoms with Gasteiger partial charge in [0.05, 0.1) is 5.70 Å². The van der Waals surface area contributed by atoms with Crippen molar-refractivity contribution in [2.75, 3.05) is 7.05 Å². The number of rotatable bonds is 3. The molecule has 0 aliphatic heterocycles. The molecule has 88 valence electrons. The van der Waals surface area contributed by atoms with Crippen molar-refractivity contribution in [3.63, 3.8) is 0 Å². The van der Waals surface area contributed by atoms with Crippen molar-refractivity contribution in [2.24, 2.45) is 5.73 Å². The summed E-state index contributed by atoms with van der Waals surface area (Å²) in [6.07, 6.45) is 1.37. The maximum absolute atomic E-state index is 10.5. The minimum Gasteiger partial charge on any atom is -0.403 e. The van der Waals surface area contributed by atoms with Gasteiger partial charge in [0, 0.05) is 30.2 Å². The minimum absolute atomic E-state index is 0.557. The number of hydrogen-bond donors (Lipinski definition) is 3. The average molecular weight is 221 g/mol. The Labute approximate surface area is 96.2 Å². The van der Waals surface area contributed by atoms with Crippen LogP contribution in [0.1, 0.15) is 23.9 Å². The lowest BCUT2D eigenvalue weighted by Gasteiger charge is -2.27. The normalized spacial score (nSPS) is 15.7. The quantitative estimate of drug-likeness (QED) is 0.710. The van der Waals surface area contributed by atoms with Gasteiger partial charge in [0.2, 0.25) is 0 Å². The zero-order valence-corrected chi connectivity index (χ0v) is 10.2. The molecule has 16 heavy (non-hydrogen) atoms. The molecule has 1 aromatic rings. The fraction of sp³-hybridized carbons (Fsp3) is 0.417. The minimum atomic E-state index is -1.14. The molecule has 4 nitrogen and oxygen atoms in total. The van der Waals surface area contributed by atoms with Gasteiger partial charge in [0.1, 0.15) is 5.60 Å². The maximum Gasteiger partial charge on any atom is 0.129 e. The Morgan fingerprint density at radius 3 is 2.56 bits per heavy atom. The van der Waals surface area contributed by atoms with E-state index in [0.717, 1.165) is 17.0 Å².